The smallest absolute Gasteiger partial charge is 0.310 e. The average Bonchev–Trinajstić information content (AvgIpc) is 2.16. The second-order valence-electron chi connectivity index (χ2n) is 3.48. The quantitative estimate of drug-likeness (QED) is 0.764. The SMILES string of the molecule is CCN(C)CCc1cnc(=O)[nH]c1C. The van der Waals surface area contributed by atoms with E-state index in [2.05, 4.69) is 28.8 Å². The van der Waals surface area contributed by atoms with Crippen molar-refractivity contribution in [1.82, 2.24) is 14.9 Å². The van der Waals surface area contributed by atoms with E-state index in [4.69, 9.17) is 0 Å². The van der Waals surface area contributed by atoms with Gasteiger partial charge in [0.1, 0.15) is 0 Å². The number of hydrogen-bond acceptors (Lipinski definition) is 3. The molecule has 1 aromatic rings. The van der Waals surface area contributed by atoms with Crippen LogP contribution in [0.2, 0.25) is 0 Å². The van der Waals surface area contributed by atoms with Crippen molar-refractivity contribution in [2.45, 2.75) is 20.3 Å². The molecule has 1 aromatic heterocycles. The van der Waals surface area contributed by atoms with Gasteiger partial charge in [0.05, 0.1) is 0 Å². The highest BCUT2D eigenvalue weighted by Gasteiger charge is 2.01. The van der Waals surface area contributed by atoms with Gasteiger partial charge in [-0.3, -0.25) is 0 Å². The Kier molecular flexibility index (Phi) is 3.83. The molecule has 78 valence electrons. The molecule has 1 N–H and O–H groups in total. The van der Waals surface area contributed by atoms with Gasteiger partial charge in [0.25, 0.3) is 0 Å². The molecule has 0 bridgehead atoms. The van der Waals surface area contributed by atoms with Gasteiger partial charge in [-0.2, -0.15) is 0 Å². The molecular weight excluding hydrogens is 178 g/mol. The van der Waals surface area contributed by atoms with Crippen molar-refractivity contribution in [3.8, 4) is 0 Å². The molecule has 1 rings (SSSR count). The molecule has 0 aliphatic heterocycles. The van der Waals surface area contributed by atoms with Gasteiger partial charge < -0.3 is 9.88 Å². The molecule has 0 atom stereocenters. The summed E-state index contributed by atoms with van der Waals surface area (Å²) in [5, 5.41) is 0. The third-order valence-electron chi connectivity index (χ3n) is 2.42. The van der Waals surface area contributed by atoms with E-state index in [0.717, 1.165) is 30.8 Å². The second-order valence-corrected chi connectivity index (χ2v) is 3.48. The fourth-order valence-electron chi connectivity index (χ4n) is 1.23. The predicted molar refractivity (Wildman–Crippen MR) is 56.5 cm³/mol. The largest absolute Gasteiger partial charge is 0.345 e. The molecule has 0 radical (unpaired) electrons. The third-order valence-corrected chi connectivity index (χ3v) is 2.42. The monoisotopic (exact) mass is 195 g/mol. The predicted octanol–water partition coefficient (Wildman–Crippen LogP) is 0.573. The maximum Gasteiger partial charge on any atom is 0.345 e. The molecule has 4 nitrogen and oxygen atoms in total. The summed E-state index contributed by atoms with van der Waals surface area (Å²) in [6.07, 6.45) is 2.59. The maximum absolute atomic E-state index is 10.9. The van der Waals surface area contributed by atoms with Crippen LogP contribution in [-0.4, -0.2) is 35.0 Å². The Bertz CT molecular complexity index is 345. The number of nitrogens with zero attached hydrogens (tertiary/aromatic N) is 2. The molecule has 0 saturated heterocycles. The minimum absolute atomic E-state index is 0.268. The van der Waals surface area contributed by atoms with Crippen molar-refractivity contribution in [2.75, 3.05) is 20.1 Å². The number of likely N-dealkylation sites (N-methyl/N-ethyl adjacent to an activating group) is 1. The Labute approximate surface area is 84.0 Å². The van der Waals surface area contributed by atoms with Crippen molar-refractivity contribution >= 4 is 0 Å². The zero-order chi connectivity index (χ0) is 10.6. The zero-order valence-corrected chi connectivity index (χ0v) is 9.00. The molecule has 0 saturated carbocycles. The lowest BCUT2D eigenvalue weighted by atomic mass is 10.2. The van der Waals surface area contributed by atoms with Crippen LogP contribution < -0.4 is 5.69 Å². The summed E-state index contributed by atoms with van der Waals surface area (Å²) in [4.78, 5) is 19.5. The van der Waals surface area contributed by atoms with E-state index in [9.17, 15) is 4.79 Å². The van der Waals surface area contributed by atoms with Gasteiger partial charge >= 0.3 is 5.69 Å². The third kappa shape index (κ3) is 2.96. The van der Waals surface area contributed by atoms with Gasteiger partial charge in [0.2, 0.25) is 0 Å². The minimum atomic E-state index is -0.268. The number of hydrogen-bond donors (Lipinski definition) is 1. The fourth-order valence-corrected chi connectivity index (χ4v) is 1.23. The van der Waals surface area contributed by atoms with Crippen LogP contribution in [0.15, 0.2) is 11.0 Å². The number of rotatable bonds is 4. The first kappa shape index (κ1) is 10.9. The van der Waals surface area contributed by atoms with Crippen LogP contribution in [0.1, 0.15) is 18.2 Å². The summed E-state index contributed by atoms with van der Waals surface area (Å²) in [5.41, 5.74) is 1.77. The lowest BCUT2D eigenvalue weighted by Gasteiger charge is -2.13. The van der Waals surface area contributed by atoms with Crippen LogP contribution in [0.3, 0.4) is 0 Å². The highest BCUT2D eigenvalue weighted by Crippen LogP contribution is 2.01. The Balaban J connectivity index is 2.63. The normalized spacial score (nSPS) is 10.9. The first-order valence-corrected chi connectivity index (χ1v) is 4.86. The first-order valence-electron chi connectivity index (χ1n) is 4.86. The van der Waals surface area contributed by atoms with Crippen LogP contribution in [0.25, 0.3) is 0 Å². The van der Waals surface area contributed by atoms with Gasteiger partial charge in [0, 0.05) is 18.4 Å². The summed E-state index contributed by atoms with van der Waals surface area (Å²) in [7, 11) is 2.08. The molecule has 4 heteroatoms. The van der Waals surface area contributed by atoms with Gasteiger partial charge in [-0.25, -0.2) is 9.78 Å². The van der Waals surface area contributed by atoms with Crippen molar-refractivity contribution in [1.29, 1.82) is 0 Å². The lowest BCUT2D eigenvalue weighted by Crippen LogP contribution is -2.22. The van der Waals surface area contributed by atoms with E-state index >= 15 is 0 Å². The van der Waals surface area contributed by atoms with E-state index in [1.54, 1.807) is 6.20 Å². The zero-order valence-electron chi connectivity index (χ0n) is 9.00. The molecule has 0 fully saturated rings. The number of aromatic nitrogens is 2. The summed E-state index contributed by atoms with van der Waals surface area (Å²) in [5.74, 6) is 0. The number of aryl methyl sites for hydroxylation is 1. The van der Waals surface area contributed by atoms with Crippen molar-refractivity contribution in [3.63, 3.8) is 0 Å². The first-order chi connectivity index (χ1) is 6.63. The highest BCUT2D eigenvalue weighted by atomic mass is 16.1. The molecule has 14 heavy (non-hydrogen) atoms. The Morgan fingerprint density at radius 1 is 1.57 bits per heavy atom. The standard InChI is InChI=1S/C10H17N3O/c1-4-13(3)6-5-9-7-11-10(14)12-8(9)2/h7H,4-6H2,1-3H3,(H,11,12,14). The summed E-state index contributed by atoms with van der Waals surface area (Å²) >= 11 is 0. The lowest BCUT2D eigenvalue weighted by molar-refractivity contribution is 0.357. The Morgan fingerprint density at radius 2 is 2.29 bits per heavy atom. The molecule has 0 aliphatic rings. The van der Waals surface area contributed by atoms with Gasteiger partial charge in [-0.1, -0.05) is 6.92 Å². The van der Waals surface area contributed by atoms with Crippen molar-refractivity contribution in [2.24, 2.45) is 0 Å². The molecule has 0 unspecified atom stereocenters. The van der Waals surface area contributed by atoms with E-state index < -0.39 is 0 Å². The van der Waals surface area contributed by atoms with Crippen molar-refractivity contribution in [3.05, 3.63) is 27.9 Å². The van der Waals surface area contributed by atoms with E-state index in [1.165, 1.54) is 0 Å². The van der Waals surface area contributed by atoms with Gasteiger partial charge in [-0.05, 0) is 32.5 Å². The van der Waals surface area contributed by atoms with Crippen LogP contribution in [-0.2, 0) is 6.42 Å². The Morgan fingerprint density at radius 3 is 2.86 bits per heavy atom. The topological polar surface area (TPSA) is 49.0 Å². The van der Waals surface area contributed by atoms with E-state index in [1.807, 2.05) is 6.92 Å². The van der Waals surface area contributed by atoms with E-state index in [-0.39, 0.29) is 5.69 Å². The molecular formula is C10H17N3O. The number of aromatic amines is 1. The van der Waals surface area contributed by atoms with Crippen molar-refractivity contribution < 1.29 is 0 Å². The van der Waals surface area contributed by atoms with Gasteiger partial charge in [0.15, 0.2) is 0 Å². The van der Waals surface area contributed by atoms with Crippen LogP contribution in [0.4, 0.5) is 0 Å². The molecule has 0 aromatic carbocycles. The summed E-state index contributed by atoms with van der Waals surface area (Å²) in [6, 6.07) is 0. The van der Waals surface area contributed by atoms with Crippen LogP contribution >= 0.6 is 0 Å². The number of H-pyrrole nitrogens is 1. The summed E-state index contributed by atoms with van der Waals surface area (Å²) < 4.78 is 0. The molecule has 0 amide bonds. The summed E-state index contributed by atoms with van der Waals surface area (Å²) in [6.45, 7) is 6.06. The molecule has 0 spiro atoms. The van der Waals surface area contributed by atoms with Crippen LogP contribution in [0, 0.1) is 6.92 Å². The highest BCUT2D eigenvalue weighted by molar-refractivity contribution is 5.14. The van der Waals surface area contributed by atoms with Crippen LogP contribution in [0.5, 0.6) is 0 Å². The second kappa shape index (κ2) is 4.91. The van der Waals surface area contributed by atoms with Gasteiger partial charge in [-0.15, -0.1) is 0 Å². The molecule has 1 heterocycles. The molecule has 0 aliphatic carbocycles. The average molecular weight is 195 g/mol. The Hall–Kier alpha value is -1.16. The van der Waals surface area contributed by atoms with E-state index in [0.29, 0.717) is 0 Å². The minimum Gasteiger partial charge on any atom is -0.310 e. The number of nitrogens with one attached hydrogen (secondary N) is 1. The fraction of sp³-hybridized carbons (Fsp3) is 0.600. The maximum atomic E-state index is 10.9.